The Labute approximate surface area is 133 Å². The summed E-state index contributed by atoms with van der Waals surface area (Å²) in [7, 11) is 2.03. The lowest BCUT2D eigenvalue weighted by Crippen LogP contribution is -2.27. The largest absolute Gasteiger partial charge is 0.508 e. The number of rotatable bonds is 2. The lowest BCUT2D eigenvalue weighted by Gasteiger charge is -2.22. The molecule has 1 saturated heterocycles. The predicted octanol–water partition coefficient (Wildman–Crippen LogP) is 4.25. The van der Waals surface area contributed by atoms with Gasteiger partial charge in [0, 0.05) is 16.1 Å². The zero-order valence-electron chi connectivity index (χ0n) is 12.0. The van der Waals surface area contributed by atoms with Crippen molar-refractivity contribution in [3.8, 4) is 5.75 Å². The zero-order valence-corrected chi connectivity index (χ0v) is 13.6. The molecule has 0 radical (unpaired) electrons. The monoisotopic (exact) mass is 347 g/mol. The minimum Gasteiger partial charge on any atom is -0.508 e. The van der Waals surface area contributed by atoms with Crippen LogP contribution in [0.4, 0.5) is 0 Å². The molecule has 0 bridgehead atoms. The van der Waals surface area contributed by atoms with Crippen LogP contribution in [0.3, 0.4) is 0 Å². The fraction of sp³-hybridized carbons (Fsp3) is 0.294. The summed E-state index contributed by atoms with van der Waals surface area (Å²) in [6.07, 6.45) is -0.248. The van der Waals surface area contributed by atoms with Crippen molar-refractivity contribution in [3.05, 3.63) is 64.1 Å². The number of benzene rings is 2. The SMILES string of the molecule is C[C@H]1[C@H](c2ccccc2)O[C@@H](c2cc(Br)ccc2O)N1C. The molecular weight excluding hydrogens is 330 g/mol. The van der Waals surface area contributed by atoms with E-state index in [1.165, 1.54) is 0 Å². The average molecular weight is 348 g/mol. The first-order valence-electron chi connectivity index (χ1n) is 6.98. The Morgan fingerprint density at radius 1 is 1.14 bits per heavy atom. The van der Waals surface area contributed by atoms with E-state index in [9.17, 15) is 5.11 Å². The standard InChI is InChI=1S/C17H18BrNO2/c1-11-16(12-6-4-3-5-7-12)21-17(19(11)2)14-10-13(18)8-9-15(14)20/h3-11,16-17,20H,1-2H3/t11-,16+,17-/m0/s1. The van der Waals surface area contributed by atoms with E-state index in [1.54, 1.807) is 6.07 Å². The molecule has 1 aliphatic rings. The summed E-state index contributed by atoms with van der Waals surface area (Å²) in [5.74, 6) is 0.260. The number of nitrogens with zero attached hydrogens (tertiary/aromatic N) is 1. The second-order valence-electron chi connectivity index (χ2n) is 5.43. The number of phenols is 1. The fourth-order valence-corrected chi connectivity index (χ4v) is 3.17. The molecule has 21 heavy (non-hydrogen) atoms. The van der Waals surface area contributed by atoms with E-state index in [0.717, 1.165) is 15.6 Å². The first-order valence-corrected chi connectivity index (χ1v) is 7.78. The highest BCUT2D eigenvalue weighted by Gasteiger charge is 2.39. The van der Waals surface area contributed by atoms with Crippen LogP contribution in [0.25, 0.3) is 0 Å². The number of ether oxygens (including phenoxy) is 1. The summed E-state index contributed by atoms with van der Waals surface area (Å²) in [5.41, 5.74) is 1.95. The highest BCUT2D eigenvalue weighted by Crippen LogP contribution is 2.43. The van der Waals surface area contributed by atoms with Gasteiger partial charge in [-0.2, -0.15) is 0 Å². The van der Waals surface area contributed by atoms with E-state index >= 15 is 0 Å². The van der Waals surface area contributed by atoms with Crippen molar-refractivity contribution in [2.45, 2.75) is 25.3 Å². The molecule has 0 spiro atoms. The van der Waals surface area contributed by atoms with Crippen molar-refractivity contribution >= 4 is 15.9 Å². The normalized spacial score (nSPS) is 26.1. The summed E-state index contributed by atoms with van der Waals surface area (Å²) in [6.45, 7) is 2.15. The maximum absolute atomic E-state index is 10.1. The van der Waals surface area contributed by atoms with Crippen LogP contribution in [0.2, 0.25) is 0 Å². The Bertz CT molecular complexity index is 632. The lowest BCUT2D eigenvalue weighted by molar-refractivity contribution is 0.00414. The maximum Gasteiger partial charge on any atom is 0.141 e. The molecule has 1 heterocycles. The highest BCUT2D eigenvalue weighted by atomic mass is 79.9. The Hall–Kier alpha value is -1.36. The molecule has 2 aromatic rings. The van der Waals surface area contributed by atoms with Crippen LogP contribution in [0.15, 0.2) is 53.0 Å². The van der Waals surface area contributed by atoms with Crippen LogP contribution in [0, 0.1) is 0 Å². The molecule has 1 aliphatic heterocycles. The summed E-state index contributed by atoms with van der Waals surface area (Å²) in [5, 5.41) is 10.1. The van der Waals surface area contributed by atoms with E-state index in [4.69, 9.17) is 4.74 Å². The van der Waals surface area contributed by atoms with E-state index in [-0.39, 0.29) is 24.1 Å². The third-order valence-corrected chi connectivity index (χ3v) is 4.60. The molecule has 110 valence electrons. The Morgan fingerprint density at radius 2 is 1.86 bits per heavy atom. The predicted molar refractivity (Wildman–Crippen MR) is 86.0 cm³/mol. The number of halogens is 1. The van der Waals surface area contributed by atoms with Crippen molar-refractivity contribution in [1.29, 1.82) is 0 Å². The molecule has 3 nitrogen and oxygen atoms in total. The van der Waals surface area contributed by atoms with Crippen LogP contribution in [-0.2, 0) is 4.74 Å². The van der Waals surface area contributed by atoms with Gasteiger partial charge in [0.25, 0.3) is 0 Å². The highest BCUT2D eigenvalue weighted by molar-refractivity contribution is 9.10. The van der Waals surface area contributed by atoms with Crippen LogP contribution >= 0.6 is 15.9 Å². The minimum absolute atomic E-state index is 0.000387. The van der Waals surface area contributed by atoms with E-state index in [2.05, 4.69) is 39.9 Å². The summed E-state index contributed by atoms with van der Waals surface area (Å²) >= 11 is 3.45. The van der Waals surface area contributed by atoms with Gasteiger partial charge in [0.2, 0.25) is 0 Å². The van der Waals surface area contributed by atoms with E-state index in [0.29, 0.717) is 0 Å². The quantitative estimate of drug-likeness (QED) is 0.881. The van der Waals surface area contributed by atoms with Gasteiger partial charge in [-0.3, -0.25) is 4.90 Å². The van der Waals surface area contributed by atoms with Gasteiger partial charge in [-0.1, -0.05) is 46.3 Å². The molecular formula is C17H18BrNO2. The lowest BCUT2D eigenvalue weighted by atomic mass is 10.0. The van der Waals surface area contributed by atoms with Crippen molar-refractivity contribution in [2.75, 3.05) is 7.05 Å². The second-order valence-corrected chi connectivity index (χ2v) is 6.34. The number of aromatic hydroxyl groups is 1. The number of hydrogen-bond acceptors (Lipinski definition) is 3. The van der Waals surface area contributed by atoms with Gasteiger partial charge in [0.15, 0.2) is 0 Å². The van der Waals surface area contributed by atoms with Crippen molar-refractivity contribution < 1.29 is 9.84 Å². The minimum atomic E-state index is -0.247. The molecule has 2 aromatic carbocycles. The third kappa shape index (κ3) is 2.71. The van der Waals surface area contributed by atoms with Crippen LogP contribution in [0.5, 0.6) is 5.75 Å². The molecule has 1 N–H and O–H groups in total. The number of likely N-dealkylation sites (N-methyl/N-ethyl adjacent to an activating group) is 1. The molecule has 0 unspecified atom stereocenters. The number of hydrogen-bond donors (Lipinski definition) is 1. The van der Waals surface area contributed by atoms with Gasteiger partial charge in [-0.15, -0.1) is 0 Å². The van der Waals surface area contributed by atoms with Crippen LogP contribution in [0.1, 0.15) is 30.4 Å². The molecule has 0 aliphatic carbocycles. The number of phenolic OH excluding ortho intramolecular Hbond substituents is 1. The summed E-state index contributed by atoms with van der Waals surface area (Å²) in [6, 6.07) is 15.9. The van der Waals surface area contributed by atoms with Gasteiger partial charge < -0.3 is 9.84 Å². The van der Waals surface area contributed by atoms with Gasteiger partial charge in [-0.25, -0.2) is 0 Å². The second kappa shape index (κ2) is 5.79. The molecule has 1 fully saturated rings. The molecule has 0 saturated carbocycles. The molecule has 4 heteroatoms. The van der Waals surface area contributed by atoms with Crippen molar-refractivity contribution in [3.63, 3.8) is 0 Å². The van der Waals surface area contributed by atoms with Crippen LogP contribution in [-0.4, -0.2) is 23.1 Å². The fourth-order valence-electron chi connectivity index (χ4n) is 2.79. The molecule has 0 amide bonds. The van der Waals surface area contributed by atoms with Crippen molar-refractivity contribution in [2.24, 2.45) is 0 Å². The molecule has 3 rings (SSSR count). The summed E-state index contributed by atoms with van der Waals surface area (Å²) in [4.78, 5) is 2.15. The smallest absolute Gasteiger partial charge is 0.141 e. The molecule has 0 aromatic heterocycles. The topological polar surface area (TPSA) is 32.7 Å². The molecule has 3 atom stereocenters. The first-order chi connectivity index (χ1) is 10.1. The van der Waals surface area contributed by atoms with E-state index < -0.39 is 0 Å². The zero-order chi connectivity index (χ0) is 15.0. The third-order valence-electron chi connectivity index (χ3n) is 4.11. The Kier molecular flexibility index (Phi) is 4.02. The first kappa shape index (κ1) is 14.6. The van der Waals surface area contributed by atoms with Crippen LogP contribution < -0.4 is 0 Å². The van der Waals surface area contributed by atoms with E-state index in [1.807, 2.05) is 37.4 Å². The van der Waals surface area contributed by atoms with Gasteiger partial charge >= 0.3 is 0 Å². The van der Waals surface area contributed by atoms with Gasteiger partial charge in [-0.05, 0) is 37.7 Å². The summed E-state index contributed by atoms with van der Waals surface area (Å²) < 4.78 is 7.17. The average Bonchev–Trinajstić information content (AvgIpc) is 2.79. The maximum atomic E-state index is 10.1. The van der Waals surface area contributed by atoms with Gasteiger partial charge in [0.1, 0.15) is 18.1 Å². The van der Waals surface area contributed by atoms with Gasteiger partial charge in [0.05, 0.1) is 0 Å². The Morgan fingerprint density at radius 3 is 2.57 bits per heavy atom. The van der Waals surface area contributed by atoms with Crippen molar-refractivity contribution in [1.82, 2.24) is 4.90 Å². The Balaban J connectivity index is 1.94.